The second-order valence-electron chi connectivity index (χ2n) is 6.32. The Morgan fingerprint density at radius 2 is 2.10 bits per heavy atom. The molecule has 0 spiro atoms. The molecule has 1 saturated carbocycles. The second-order valence-corrected chi connectivity index (χ2v) is 6.32. The molecule has 106 valence electrons. The van der Waals surface area contributed by atoms with Crippen LogP contribution >= 0.6 is 0 Å². The quantitative estimate of drug-likeness (QED) is 0.925. The highest BCUT2D eigenvalue weighted by Gasteiger charge is 2.37. The van der Waals surface area contributed by atoms with Gasteiger partial charge in [0.15, 0.2) is 0 Å². The van der Waals surface area contributed by atoms with Crippen LogP contribution in [-0.2, 0) is 5.54 Å². The third-order valence-electron chi connectivity index (χ3n) is 4.41. The van der Waals surface area contributed by atoms with Crippen molar-refractivity contribution in [3.8, 4) is 0 Å². The van der Waals surface area contributed by atoms with Crippen molar-refractivity contribution in [3.05, 3.63) is 29.6 Å². The van der Waals surface area contributed by atoms with Crippen LogP contribution in [0.5, 0.6) is 0 Å². The minimum absolute atomic E-state index is 0.138. The number of rotatable bonds is 3. The van der Waals surface area contributed by atoms with Gasteiger partial charge in [-0.2, -0.15) is 0 Å². The number of carboxylic acid groups (broad SMARTS) is 1. The van der Waals surface area contributed by atoms with Crippen molar-refractivity contribution in [2.24, 2.45) is 0 Å². The molecule has 4 heteroatoms. The highest BCUT2D eigenvalue weighted by molar-refractivity contribution is 5.92. The molecular formula is C16H20N2O2. The van der Waals surface area contributed by atoms with E-state index in [1.165, 1.54) is 19.3 Å². The number of hydrogen-bond donors (Lipinski definition) is 1. The molecule has 0 radical (unpaired) electrons. The second kappa shape index (κ2) is 4.33. The number of aromatic nitrogens is 2. The topological polar surface area (TPSA) is 55.1 Å². The average molecular weight is 272 g/mol. The van der Waals surface area contributed by atoms with Crippen molar-refractivity contribution in [1.82, 2.24) is 9.55 Å². The summed E-state index contributed by atoms with van der Waals surface area (Å²) in [6.07, 6.45) is 3.58. The number of benzene rings is 1. The van der Waals surface area contributed by atoms with E-state index >= 15 is 0 Å². The minimum Gasteiger partial charge on any atom is -0.478 e. The summed E-state index contributed by atoms with van der Waals surface area (Å²) < 4.78 is 2.34. The molecule has 1 aliphatic rings. The fourth-order valence-electron chi connectivity index (χ4n) is 3.10. The van der Waals surface area contributed by atoms with Gasteiger partial charge >= 0.3 is 5.97 Å². The van der Waals surface area contributed by atoms with Gasteiger partial charge in [0.05, 0.1) is 16.6 Å². The minimum atomic E-state index is -0.901. The van der Waals surface area contributed by atoms with E-state index in [4.69, 9.17) is 10.1 Å². The monoisotopic (exact) mass is 272 g/mol. The van der Waals surface area contributed by atoms with Crippen LogP contribution in [0.4, 0.5) is 0 Å². The van der Waals surface area contributed by atoms with Gasteiger partial charge in [-0.25, -0.2) is 9.78 Å². The summed E-state index contributed by atoms with van der Waals surface area (Å²) in [5.41, 5.74) is 2.29. The lowest BCUT2D eigenvalue weighted by molar-refractivity contribution is 0.0697. The van der Waals surface area contributed by atoms with Crippen molar-refractivity contribution in [2.75, 3.05) is 0 Å². The molecule has 1 aliphatic carbocycles. The van der Waals surface area contributed by atoms with Gasteiger partial charge in [0.1, 0.15) is 5.82 Å². The Bertz CT molecular complexity index is 681. The number of fused-ring (bicyclic) bond motifs is 1. The fourth-order valence-corrected chi connectivity index (χ4v) is 3.10. The maximum atomic E-state index is 11.1. The number of carbonyl (C=O) groups is 1. The zero-order chi connectivity index (χ0) is 14.5. The molecule has 0 aliphatic heterocycles. The Balaban J connectivity index is 2.25. The summed E-state index contributed by atoms with van der Waals surface area (Å²) in [6.45, 7) is 6.55. The Morgan fingerprint density at radius 3 is 2.60 bits per heavy atom. The zero-order valence-electron chi connectivity index (χ0n) is 12.2. The van der Waals surface area contributed by atoms with Crippen LogP contribution in [0.1, 0.15) is 62.1 Å². The van der Waals surface area contributed by atoms with Crippen molar-refractivity contribution in [3.63, 3.8) is 0 Å². The van der Waals surface area contributed by atoms with Crippen LogP contribution < -0.4 is 0 Å². The molecule has 3 rings (SSSR count). The van der Waals surface area contributed by atoms with Gasteiger partial charge in [0.25, 0.3) is 0 Å². The van der Waals surface area contributed by atoms with Crippen molar-refractivity contribution in [1.29, 1.82) is 0 Å². The van der Waals surface area contributed by atoms with E-state index in [9.17, 15) is 4.79 Å². The summed E-state index contributed by atoms with van der Waals surface area (Å²) >= 11 is 0. The van der Waals surface area contributed by atoms with Gasteiger partial charge in [-0.3, -0.25) is 0 Å². The van der Waals surface area contributed by atoms with Crippen molar-refractivity contribution < 1.29 is 9.90 Å². The lowest BCUT2D eigenvalue weighted by Gasteiger charge is -2.41. The Morgan fingerprint density at radius 1 is 1.40 bits per heavy atom. The smallest absolute Gasteiger partial charge is 0.335 e. The Kier molecular flexibility index (Phi) is 2.85. The number of nitrogens with zero attached hydrogens (tertiary/aromatic N) is 2. The van der Waals surface area contributed by atoms with E-state index in [2.05, 4.69) is 25.3 Å². The van der Waals surface area contributed by atoms with Gasteiger partial charge in [-0.15, -0.1) is 0 Å². The standard InChI is InChI=1S/C16H20N2O2/c1-10(2)14-17-12-9-11(15(19)20)5-6-13(12)18(14)16(3)7-4-8-16/h5-6,9-10H,4,7-8H2,1-3H3,(H,19,20). The molecule has 0 amide bonds. The van der Waals surface area contributed by atoms with Gasteiger partial charge in [-0.1, -0.05) is 13.8 Å². The summed E-state index contributed by atoms with van der Waals surface area (Å²) in [5.74, 6) is 0.486. The maximum absolute atomic E-state index is 11.1. The SMILES string of the molecule is CC(C)c1nc2cc(C(=O)O)ccc2n1C1(C)CCC1. The van der Waals surface area contributed by atoms with Crippen LogP contribution in [0.2, 0.25) is 0 Å². The number of carboxylic acids is 1. The molecular weight excluding hydrogens is 252 g/mol. The van der Waals surface area contributed by atoms with Crippen LogP contribution in [0.15, 0.2) is 18.2 Å². The molecule has 1 aromatic heterocycles. The van der Waals surface area contributed by atoms with Crippen LogP contribution in [0.3, 0.4) is 0 Å². The van der Waals surface area contributed by atoms with Crippen LogP contribution in [0.25, 0.3) is 11.0 Å². The first-order chi connectivity index (χ1) is 9.42. The van der Waals surface area contributed by atoms with Gasteiger partial charge in [-0.05, 0) is 44.4 Å². The van der Waals surface area contributed by atoms with Crippen molar-refractivity contribution >= 4 is 17.0 Å². The molecule has 20 heavy (non-hydrogen) atoms. The average Bonchev–Trinajstić information content (AvgIpc) is 2.74. The largest absolute Gasteiger partial charge is 0.478 e. The Labute approximate surface area is 118 Å². The molecule has 0 saturated heterocycles. The molecule has 1 fully saturated rings. The van der Waals surface area contributed by atoms with E-state index in [0.29, 0.717) is 11.5 Å². The van der Waals surface area contributed by atoms with Crippen LogP contribution in [-0.4, -0.2) is 20.6 Å². The van der Waals surface area contributed by atoms with Gasteiger partial charge < -0.3 is 9.67 Å². The van der Waals surface area contributed by atoms with Crippen molar-refractivity contribution in [2.45, 2.75) is 51.5 Å². The van der Waals surface area contributed by atoms with Gasteiger partial charge in [0.2, 0.25) is 0 Å². The molecule has 1 aromatic carbocycles. The molecule has 0 atom stereocenters. The third kappa shape index (κ3) is 1.82. The fraction of sp³-hybridized carbons (Fsp3) is 0.500. The number of hydrogen-bond acceptors (Lipinski definition) is 2. The summed E-state index contributed by atoms with van der Waals surface area (Å²) in [5, 5.41) is 9.11. The lowest BCUT2D eigenvalue weighted by atomic mass is 9.78. The van der Waals surface area contributed by atoms with Crippen LogP contribution in [0, 0.1) is 0 Å². The zero-order valence-corrected chi connectivity index (χ0v) is 12.2. The molecule has 1 N–H and O–H groups in total. The first kappa shape index (κ1) is 13.2. The highest BCUT2D eigenvalue weighted by Crippen LogP contribution is 2.42. The predicted molar refractivity (Wildman–Crippen MR) is 78.3 cm³/mol. The predicted octanol–water partition coefficient (Wildman–Crippen LogP) is 3.76. The van der Waals surface area contributed by atoms with E-state index in [1.54, 1.807) is 12.1 Å². The van der Waals surface area contributed by atoms with E-state index in [0.717, 1.165) is 16.9 Å². The van der Waals surface area contributed by atoms with E-state index in [-0.39, 0.29) is 5.54 Å². The summed E-state index contributed by atoms with van der Waals surface area (Å²) in [7, 11) is 0. The highest BCUT2D eigenvalue weighted by atomic mass is 16.4. The number of aromatic carboxylic acids is 1. The van der Waals surface area contributed by atoms with Gasteiger partial charge in [0, 0.05) is 11.5 Å². The molecule has 1 heterocycles. The molecule has 2 aromatic rings. The first-order valence-electron chi connectivity index (χ1n) is 7.18. The Hall–Kier alpha value is -1.84. The molecule has 0 unspecified atom stereocenters. The normalized spacial score (nSPS) is 17.4. The molecule has 0 bridgehead atoms. The first-order valence-corrected chi connectivity index (χ1v) is 7.18. The lowest BCUT2D eigenvalue weighted by Crippen LogP contribution is -2.38. The van der Waals surface area contributed by atoms with E-state index < -0.39 is 5.97 Å². The third-order valence-corrected chi connectivity index (χ3v) is 4.41. The summed E-state index contributed by atoms with van der Waals surface area (Å²) in [4.78, 5) is 15.8. The van der Waals surface area contributed by atoms with E-state index in [1.807, 2.05) is 6.07 Å². The maximum Gasteiger partial charge on any atom is 0.335 e. The summed E-state index contributed by atoms with van der Waals surface area (Å²) in [6, 6.07) is 5.26. The molecule has 4 nitrogen and oxygen atoms in total. The number of imidazole rings is 1.